The number of nitrogens with one attached hydrogen (secondary N) is 1. The SMILES string of the molecule is c1cc2nncn2nc1N1CCNCC1. The summed E-state index contributed by atoms with van der Waals surface area (Å²) in [6.07, 6.45) is 1.63. The van der Waals surface area contributed by atoms with Crippen molar-refractivity contribution in [3.05, 3.63) is 18.5 Å². The van der Waals surface area contributed by atoms with E-state index in [0.717, 1.165) is 37.6 Å². The molecule has 1 fully saturated rings. The van der Waals surface area contributed by atoms with Crippen molar-refractivity contribution in [1.29, 1.82) is 0 Å². The van der Waals surface area contributed by atoms with Crippen LogP contribution in [0.3, 0.4) is 0 Å². The predicted molar refractivity (Wildman–Crippen MR) is 55.9 cm³/mol. The van der Waals surface area contributed by atoms with Gasteiger partial charge in [-0.2, -0.15) is 4.52 Å². The smallest absolute Gasteiger partial charge is 0.177 e. The number of nitrogens with zero attached hydrogens (tertiary/aromatic N) is 5. The molecule has 15 heavy (non-hydrogen) atoms. The average molecular weight is 204 g/mol. The van der Waals surface area contributed by atoms with Crippen LogP contribution in [0.25, 0.3) is 5.65 Å². The number of aromatic nitrogens is 4. The van der Waals surface area contributed by atoms with Crippen LogP contribution < -0.4 is 10.2 Å². The maximum atomic E-state index is 4.45. The summed E-state index contributed by atoms with van der Waals surface area (Å²) in [4.78, 5) is 2.26. The van der Waals surface area contributed by atoms with Crippen LogP contribution in [0.5, 0.6) is 0 Å². The van der Waals surface area contributed by atoms with Gasteiger partial charge in [0.1, 0.15) is 12.1 Å². The Morgan fingerprint density at radius 3 is 2.93 bits per heavy atom. The van der Waals surface area contributed by atoms with E-state index in [4.69, 9.17) is 0 Å². The highest BCUT2D eigenvalue weighted by atomic mass is 15.4. The second-order valence-corrected chi connectivity index (χ2v) is 3.56. The third-order valence-electron chi connectivity index (χ3n) is 2.59. The van der Waals surface area contributed by atoms with Gasteiger partial charge in [-0.3, -0.25) is 0 Å². The van der Waals surface area contributed by atoms with Crippen LogP contribution in [0.4, 0.5) is 5.82 Å². The molecule has 6 heteroatoms. The summed E-state index contributed by atoms with van der Waals surface area (Å²) < 4.78 is 1.71. The first-order valence-corrected chi connectivity index (χ1v) is 5.06. The molecule has 0 bridgehead atoms. The fraction of sp³-hybridized carbons (Fsp3) is 0.444. The number of fused-ring (bicyclic) bond motifs is 1. The zero-order chi connectivity index (χ0) is 10.1. The van der Waals surface area contributed by atoms with E-state index in [1.807, 2.05) is 12.1 Å². The van der Waals surface area contributed by atoms with Crippen molar-refractivity contribution < 1.29 is 0 Å². The second-order valence-electron chi connectivity index (χ2n) is 3.56. The summed E-state index contributed by atoms with van der Waals surface area (Å²) in [6.45, 7) is 4.03. The van der Waals surface area contributed by atoms with Gasteiger partial charge in [-0.15, -0.1) is 15.3 Å². The molecule has 0 amide bonds. The van der Waals surface area contributed by atoms with Gasteiger partial charge in [0.25, 0.3) is 0 Å². The number of anilines is 1. The number of hydrogen-bond acceptors (Lipinski definition) is 5. The molecule has 6 nitrogen and oxygen atoms in total. The van der Waals surface area contributed by atoms with Gasteiger partial charge in [-0.05, 0) is 12.1 Å². The second kappa shape index (κ2) is 3.47. The van der Waals surface area contributed by atoms with Gasteiger partial charge in [0.05, 0.1) is 0 Å². The highest BCUT2D eigenvalue weighted by Crippen LogP contribution is 2.11. The first-order chi connectivity index (χ1) is 7.43. The van der Waals surface area contributed by atoms with E-state index in [0.29, 0.717) is 0 Å². The van der Waals surface area contributed by atoms with Gasteiger partial charge in [-0.1, -0.05) is 0 Å². The fourth-order valence-corrected chi connectivity index (χ4v) is 1.78. The molecule has 1 saturated heterocycles. The minimum Gasteiger partial charge on any atom is -0.353 e. The summed E-state index contributed by atoms with van der Waals surface area (Å²) in [6, 6.07) is 3.94. The van der Waals surface area contributed by atoms with E-state index < -0.39 is 0 Å². The Balaban J connectivity index is 1.95. The molecule has 0 saturated carbocycles. The standard InChI is InChI=1S/C9H12N6/c1-2-9(14-5-3-10-4-6-14)13-15-7-11-12-8(1)15/h1-2,7,10H,3-6H2. The Kier molecular flexibility index (Phi) is 1.99. The Morgan fingerprint density at radius 1 is 1.20 bits per heavy atom. The predicted octanol–water partition coefficient (Wildman–Crippen LogP) is -0.466. The molecule has 1 aliphatic heterocycles. The zero-order valence-electron chi connectivity index (χ0n) is 8.30. The lowest BCUT2D eigenvalue weighted by Gasteiger charge is -2.27. The summed E-state index contributed by atoms with van der Waals surface area (Å²) in [5, 5.41) is 15.5. The summed E-state index contributed by atoms with van der Waals surface area (Å²) in [5.41, 5.74) is 0.786. The van der Waals surface area contributed by atoms with Crippen LogP contribution >= 0.6 is 0 Å². The van der Waals surface area contributed by atoms with Crippen LogP contribution in [-0.4, -0.2) is 46.0 Å². The van der Waals surface area contributed by atoms with Gasteiger partial charge < -0.3 is 10.2 Å². The third kappa shape index (κ3) is 1.52. The maximum Gasteiger partial charge on any atom is 0.177 e. The Hall–Kier alpha value is -1.69. The molecular weight excluding hydrogens is 192 g/mol. The van der Waals surface area contributed by atoms with Crippen molar-refractivity contribution in [2.24, 2.45) is 0 Å². The van der Waals surface area contributed by atoms with Gasteiger partial charge in [0.2, 0.25) is 0 Å². The highest BCUT2D eigenvalue weighted by Gasteiger charge is 2.12. The maximum absolute atomic E-state index is 4.45. The van der Waals surface area contributed by atoms with Crippen LogP contribution in [0.2, 0.25) is 0 Å². The molecule has 0 radical (unpaired) electrons. The van der Waals surface area contributed by atoms with E-state index in [1.165, 1.54) is 0 Å². The molecule has 2 aromatic heterocycles. The van der Waals surface area contributed by atoms with Crippen molar-refractivity contribution in [2.75, 3.05) is 31.1 Å². The number of piperazine rings is 1. The van der Waals surface area contributed by atoms with E-state index in [2.05, 4.69) is 25.5 Å². The molecule has 3 heterocycles. The molecule has 0 unspecified atom stereocenters. The summed E-state index contributed by atoms with van der Waals surface area (Å²) in [7, 11) is 0. The van der Waals surface area contributed by atoms with Gasteiger partial charge in [0.15, 0.2) is 5.65 Å². The lowest BCUT2D eigenvalue weighted by Crippen LogP contribution is -2.44. The zero-order valence-corrected chi connectivity index (χ0v) is 8.30. The summed E-state index contributed by atoms with van der Waals surface area (Å²) >= 11 is 0. The van der Waals surface area contributed by atoms with E-state index in [-0.39, 0.29) is 0 Å². The number of hydrogen-bond donors (Lipinski definition) is 1. The van der Waals surface area contributed by atoms with Crippen molar-refractivity contribution in [1.82, 2.24) is 25.1 Å². The normalized spacial score (nSPS) is 17.2. The van der Waals surface area contributed by atoms with Crippen LogP contribution in [0.1, 0.15) is 0 Å². The quantitative estimate of drug-likeness (QED) is 0.680. The Bertz CT molecular complexity index is 458. The molecular formula is C9H12N6. The largest absolute Gasteiger partial charge is 0.353 e. The van der Waals surface area contributed by atoms with Crippen molar-refractivity contribution in [2.45, 2.75) is 0 Å². The lowest BCUT2D eigenvalue weighted by atomic mass is 10.3. The molecule has 78 valence electrons. The molecule has 0 aromatic carbocycles. The van der Waals surface area contributed by atoms with Crippen molar-refractivity contribution in [3.63, 3.8) is 0 Å². The highest BCUT2D eigenvalue weighted by molar-refractivity contribution is 5.45. The van der Waals surface area contributed by atoms with Crippen LogP contribution in [0.15, 0.2) is 18.5 Å². The molecule has 1 N–H and O–H groups in total. The van der Waals surface area contributed by atoms with Crippen molar-refractivity contribution in [3.8, 4) is 0 Å². The molecule has 0 spiro atoms. The Morgan fingerprint density at radius 2 is 2.07 bits per heavy atom. The summed E-state index contributed by atoms with van der Waals surface area (Å²) in [5.74, 6) is 0.990. The minimum atomic E-state index is 0.786. The van der Waals surface area contributed by atoms with Crippen LogP contribution in [0, 0.1) is 0 Å². The fourth-order valence-electron chi connectivity index (χ4n) is 1.78. The molecule has 0 aliphatic carbocycles. The first-order valence-electron chi connectivity index (χ1n) is 5.06. The monoisotopic (exact) mass is 204 g/mol. The molecule has 0 atom stereocenters. The molecule has 3 rings (SSSR count). The Labute approximate surface area is 86.9 Å². The lowest BCUT2D eigenvalue weighted by molar-refractivity contribution is 0.581. The minimum absolute atomic E-state index is 0.786. The van der Waals surface area contributed by atoms with E-state index >= 15 is 0 Å². The van der Waals surface area contributed by atoms with Crippen LogP contribution in [-0.2, 0) is 0 Å². The van der Waals surface area contributed by atoms with E-state index in [1.54, 1.807) is 10.8 Å². The van der Waals surface area contributed by atoms with Gasteiger partial charge in [0, 0.05) is 26.2 Å². The topological polar surface area (TPSA) is 58.4 Å². The molecule has 1 aliphatic rings. The average Bonchev–Trinajstić information content (AvgIpc) is 2.77. The molecule has 2 aromatic rings. The van der Waals surface area contributed by atoms with Crippen molar-refractivity contribution >= 4 is 11.5 Å². The third-order valence-corrected chi connectivity index (χ3v) is 2.59. The number of rotatable bonds is 1. The van der Waals surface area contributed by atoms with Gasteiger partial charge >= 0.3 is 0 Å². The van der Waals surface area contributed by atoms with Gasteiger partial charge in [-0.25, -0.2) is 0 Å². The first kappa shape index (κ1) is 8.60. The van der Waals surface area contributed by atoms with E-state index in [9.17, 15) is 0 Å².